The van der Waals surface area contributed by atoms with Crippen LogP contribution in [0.25, 0.3) is 11.4 Å². The molecule has 1 aromatic heterocycles. The molecule has 2 heterocycles. The van der Waals surface area contributed by atoms with E-state index in [1.54, 1.807) is 4.90 Å². The zero-order valence-corrected chi connectivity index (χ0v) is 18.4. The summed E-state index contributed by atoms with van der Waals surface area (Å²) >= 11 is 0. The van der Waals surface area contributed by atoms with E-state index in [4.69, 9.17) is 4.98 Å². The molecule has 1 aliphatic heterocycles. The van der Waals surface area contributed by atoms with Crippen molar-refractivity contribution in [3.05, 3.63) is 36.4 Å². The third kappa shape index (κ3) is 6.66. The van der Waals surface area contributed by atoms with E-state index < -0.39 is 0 Å². The summed E-state index contributed by atoms with van der Waals surface area (Å²) in [6.45, 7) is 6.28. The van der Waals surface area contributed by atoms with Gasteiger partial charge >= 0.3 is 0 Å². The average molecular weight is 440 g/mol. The van der Waals surface area contributed by atoms with Crippen LogP contribution in [0.1, 0.15) is 13.8 Å². The zero-order valence-electron chi connectivity index (χ0n) is 18.4. The Hall–Kier alpha value is -3.69. The van der Waals surface area contributed by atoms with E-state index in [-0.39, 0.29) is 24.3 Å². The Kier molecular flexibility index (Phi) is 7.96. The number of nitrogens with one attached hydrogen (secondary N) is 3. The Bertz CT molecular complexity index is 944. The van der Waals surface area contributed by atoms with Gasteiger partial charge in [-0.05, 0) is 0 Å². The third-order valence-corrected chi connectivity index (χ3v) is 4.99. The maximum absolute atomic E-state index is 12.3. The molecule has 3 N–H and O–H groups in total. The minimum atomic E-state index is -0.218. The SMILES string of the molecule is CC(=O)NCCNc1cc(N2CCN(C(=O)CNC(C)=O)CC2)nc(-c2ccccc2)n1. The van der Waals surface area contributed by atoms with Crippen molar-refractivity contribution >= 4 is 29.4 Å². The molecule has 3 amide bonds. The summed E-state index contributed by atoms with van der Waals surface area (Å²) in [7, 11) is 0. The van der Waals surface area contributed by atoms with Gasteiger partial charge in [0.1, 0.15) is 11.6 Å². The van der Waals surface area contributed by atoms with E-state index in [1.807, 2.05) is 36.4 Å². The molecular formula is C22H29N7O3. The van der Waals surface area contributed by atoms with Crippen LogP contribution in [-0.4, -0.2) is 78.4 Å². The molecule has 32 heavy (non-hydrogen) atoms. The first-order chi connectivity index (χ1) is 15.4. The Morgan fingerprint density at radius 3 is 2.25 bits per heavy atom. The molecule has 0 unspecified atom stereocenters. The zero-order chi connectivity index (χ0) is 22.9. The molecule has 1 aromatic carbocycles. The van der Waals surface area contributed by atoms with Gasteiger partial charge in [0.2, 0.25) is 17.7 Å². The van der Waals surface area contributed by atoms with Crippen LogP contribution < -0.4 is 20.9 Å². The van der Waals surface area contributed by atoms with Gasteiger partial charge in [-0.2, -0.15) is 0 Å². The fraction of sp³-hybridized carbons (Fsp3) is 0.409. The Morgan fingerprint density at radius 1 is 0.906 bits per heavy atom. The van der Waals surface area contributed by atoms with Crippen molar-refractivity contribution in [2.45, 2.75) is 13.8 Å². The fourth-order valence-electron chi connectivity index (χ4n) is 3.33. The molecule has 1 aliphatic rings. The van der Waals surface area contributed by atoms with Crippen molar-refractivity contribution in [3.63, 3.8) is 0 Å². The van der Waals surface area contributed by atoms with Crippen molar-refractivity contribution in [2.75, 3.05) is 56.0 Å². The Labute approximate surface area is 187 Å². The quantitative estimate of drug-likeness (QED) is 0.512. The van der Waals surface area contributed by atoms with Crippen LogP contribution in [0.4, 0.5) is 11.6 Å². The number of hydrogen-bond acceptors (Lipinski definition) is 7. The highest BCUT2D eigenvalue weighted by atomic mass is 16.2. The number of nitrogens with zero attached hydrogens (tertiary/aromatic N) is 4. The van der Waals surface area contributed by atoms with Crippen LogP contribution in [0.5, 0.6) is 0 Å². The number of amides is 3. The highest BCUT2D eigenvalue weighted by molar-refractivity contribution is 5.83. The van der Waals surface area contributed by atoms with E-state index in [0.29, 0.717) is 50.9 Å². The number of benzene rings is 1. The second-order valence-corrected chi connectivity index (χ2v) is 7.49. The number of hydrogen-bond donors (Lipinski definition) is 3. The van der Waals surface area contributed by atoms with Gasteiger partial charge in [0.25, 0.3) is 0 Å². The van der Waals surface area contributed by atoms with Crippen molar-refractivity contribution in [3.8, 4) is 11.4 Å². The second kappa shape index (κ2) is 11.1. The van der Waals surface area contributed by atoms with E-state index >= 15 is 0 Å². The summed E-state index contributed by atoms with van der Waals surface area (Å²) in [5.74, 6) is 1.66. The maximum Gasteiger partial charge on any atom is 0.242 e. The summed E-state index contributed by atoms with van der Waals surface area (Å²) in [5, 5.41) is 8.55. The van der Waals surface area contributed by atoms with Gasteiger partial charge in [-0.15, -0.1) is 0 Å². The molecule has 3 rings (SSSR count). The monoisotopic (exact) mass is 439 g/mol. The van der Waals surface area contributed by atoms with Crippen molar-refractivity contribution in [1.29, 1.82) is 0 Å². The molecule has 0 spiro atoms. The van der Waals surface area contributed by atoms with Gasteiger partial charge in [-0.3, -0.25) is 14.4 Å². The summed E-state index contributed by atoms with van der Waals surface area (Å²) < 4.78 is 0. The van der Waals surface area contributed by atoms with Crippen LogP contribution in [0.15, 0.2) is 36.4 Å². The van der Waals surface area contributed by atoms with Crippen LogP contribution in [-0.2, 0) is 14.4 Å². The Balaban J connectivity index is 1.71. The minimum Gasteiger partial charge on any atom is -0.368 e. The summed E-state index contributed by atoms with van der Waals surface area (Å²) in [4.78, 5) is 47.6. The molecule has 1 fully saturated rings. The van der Waals surface area contributed by atoms with E-state index in [9.17, 15) is 14.4 Å². The van der Waals surface area contributed by atoms with Crippen LogP contribution in [0.2, 0.25) is 0 Å². The lowest BCUT2D eigenvalue weighted by Gasteiger charge is -2.35. The van der Waals surface area contributed by atoms with Crippen LogP contribution in [0, 0.1) is 0 Å². The van der Waals surface area contributed by atoms with Gasteiger partial charge in [0.15, 0.2) is 5.82 Å². The molecule has 0 atom stereocenters. The predicted octanol–water partition coefficient (Wildman–Crippen LogP) is 0.476. The van der Waals surface area contributed by atoms with E-state index in [2.05, 4.69) is 25.8 Å². The number of aromatic nitrogens is 2. The van der Waals surface area contributed by atoms with Crippen LogP contribution in [0.3, 0.4) is 0 Å². The van der Waals surface area contributed by atoms with Crippen LogP contribution >= 0.6 is 0 Å². The first-order valence-electron chi connectivity index (χ1n) is 10.6. The number of rotatable bonds is 8. The van der Waals surface area contributed by atoms with Gasteiger partial charge in [0, 0.05) is 64.7 Å². The largest absolute Gasteiger partial charge is 0.368 e. The minimum absolute atomic E-state index is 0.0172. The van der Waals surface area contributed by atoms with Crippen molar-refractivity contribution in [1.82, 2.24) is 25.5 Å². The standard InChI is InChI=1S/C22H29N7O3/c1-16(30)23-8-9-24-19-14-20(27-22(26-19)18-6-4-3-5-7-18)28-10-12-29(13-11-28)21(32)15-25-17(2)31/h3-7,14H,8-13,15H2,1-2H3,(H,23,30)(H,25,31)(H,24,26,27). The van der Waals surface area contributed by atoms with Crippen molar-refractivity contribution in [2.24, 2.45) is 0 Å². The average Bonchev–Trinajstić information content (AvgIpc) is 2.80. The molecule has 0 radical (unpaired) electrons. The highest BCUT2D eigenvalue weighted by Crippen LogP contribution is 2.23. The smallest absolute Gasteiger partial charge is 0.242 e. The lowest BCUT2D eigenvalue weighted by Crippen LogP contribution is -2.51. The molecule has 0 bridgehead atoms. The molecule has 0 saturated carbocycles. The molecule has 10 nitrogen and oxygen atoms in total. The summed E-state index contributed by atoms with van der Waals surface area (Å²) in [5.41, 5.74) is 0.906. The number of carbonyl (C=O) groups excluding carboxylic acids is 3. The Morgan fingerprint density at radius 2 is 1.59 bits per heavy atom. The molecule has 170 valence electrons. The molecular weight excluding hydrogens is 410 g/mol. The first-order valence-corrected chi connectivity index (χ1v) is 10.6. The third-order valence-electron chi connectivity index (χ3n) is 4.99. The predicted molar refractivity (Wildman–Crippen MR) is 122 cm³/mol. The number of carbonyl (C=O) groups is 3. The maximum atomic E-state index is 12.3. The number of piperazine rings is 1. The lowest BCUT2D eigenvalue weighted by atomic mass is 10.2. The molecule has 1 saturated heterocycles. The van der Waals surface area contributed by atoms with Crippen molar-refractivity contribution < 1.29 is 14.4 Å². The summed E-state index contributed by atoms with van der Waals surface area (Å²) in [6, 6.07) is 11.6. The van der Waals surface area contributed by atoms with Gasteiger partial charge in [-0.25, -0.2) is 9.97 Å². The van der Waals surface area contributed by atoms with Gasteiger partial charge < -0.3 is 25.8 Å². The van der Waals surface area contributed by atoms with Gasteiger partial charge in [-0.1, -0.05) is 30.3 Å². The lowest BCUT2D eigenvalue weighted by molar-refractivity contribution is -0.132. The molecule has 2 aromatic rings. The second-order valence-electron chi connectivity index (χ2n) is 7.49. The summed E-state index contributed by atoms with van der Waals surface area (Å²) in [6.07, 6.45) is 0. The fourth-order valence-corrected chi connectivity index (χ4v) is 3.33. The van der Waals surface area contributed by atoms with Gasteiger partial charge in [0.05, 0.1) is 6.54 Å². The highest BCUT2D eigenvalue weighted by Gasteiger charge is 2.23. The first kappa shape index (κ1) is 23.0. The number of anilines is 2. The van der Waals surface area contributed by atoms with E-state index in [0.717, 1.165) is 11.4 Å². The molecule has 0 aliphatic carbocycles. The molecule has 10 heteroatoms. The normalized spacial score (nSPS) is 13.4. The van der Waals surface area contributed by atoms with E-state index in [1.165, 1.54) is 13.8 Å². The topological polar surface area (TPSA) is 120 Å².